The Morgan fingerprint density at radius 3 is 2.36 bits per heavy atom. The summed E-state index contributed by atoms with van der Waals surface area (Å²) in [6, 6.07) is 14.6. The zero-order valence-corrected chi connectivity index (χ0v) is 17.1. The highest BCUT2D eigenvalue weighted by molar-refractivity contribution is 7.92. The van der Waals surface area contributed by atoms with Gasteiger partial charge >= 0.3 is 0 Å². The molecule has 2 aromatic rings. The summed E-state index contributed by atoms with van der Waals surface area (Å²) in [4.78, 5) is 16.5. The summed E-state index contributed by atoms with van der Waals surface area (Å²) >= 11 is 6.05. The molecule has 0 atom stereocenters. The third-order valence-corrected chi connectivity index (χ3v) is 5.24. The van der Waals surface area contributed by atoms with Crippen LogP contribution in [0.4, 0.5) is 11.4 Å². The fourth-order valence-corrected chi connectivity index (χ4v) is 3.76. The van der Waals surface area contributed by atoms with Crippen LogP contribution in [0.1, 0.15) is 5.56 Å². The van der Waals surface area contributed by atoms with E-state index in [1.54, 1.807) is 36.4 Å². The van der Waals surface area contributed by atoms with Crippen molar-refractivity contribution < 1.29 is 13.2 Å². The van der Waals surface area contributed by atoms with Crippen molar-refractivity contribution in [2.24, 2.45) is 0 Å². The van der Waals surface area contributed by atoms with Gasteiger partial charge in [-0.05, 0) is 42.0 Å². The van der Waals surface area contributed by atoms with Crippen molar-refractivity contribution in [2.45, 2.75) is 0 Å². The predicted octanol–water partition coefficient (Wildman–Crippen LogP) is 3.07. The second-order valence-electron chi connectivity index (χ2n) is 6.62. The van der Waals surface area contributed by atoms with Crippen LogP contribution in [0.5, 0.6) is 0 Å². The molecule has 0 unspecified atom stereocenters. The predicted molar refractivity (Wildman–Crippen MR) is 114 cm³/mol. The fourth-order valence-electron chi connectivity index (χ4n) is 3.01. The van der Waals surface area contributed by atoms with E-state index in [4.69, 9.17) is 11.6 Å². The van der Waals surface area contributed by atoms with Crippen LogP contribution < -0.4 is 9.62 Å². The third kappa shape index (κ3) is 5.74. The van der Waals surface area contributed by atoms with Gasteiger partial charge in [0.2, 0.25) is 15.9 Å². The van der Waals surface area contributed by atoms with E-state index in [0.29, 0.717) is 23.8 Å². The number of nitrogens with zero attached hydrogens (tertiary/aromatic N) is 2. The molecular weight excluding hydrogens is 398 g/mol. The van der Waals surface area contributed by atoms with Gasteiger partial charge in [0.15, 0.2) is 0 Å². The summed E-state index contributed by atoms with van der Waals surface area (Å²) < 4.78 is 24.8. The van der Waals surface area contributed by atoms with E-state index < -0.39 is 10.0 Å². The van der Waals surface area contributed by atoms with Crippen LogP contribution in [-0.2, 0) is 14.8 Å². The molecule has 8 heteroatoms. The van der Waals surface area contributed by atoms with Crippen molar-refractivity contribution in [3.05, 3.63) is 65.2 Å². The second kappa shape index (κ2) is 8.67. The number of rotatable bonds is 5. The van der Waals surface area contributed by atoms with Gasteiger partial charge in [-0.25, -0.2) is 8.42 Å². The summed E-state index contributed by atoms with van der Waals surface area (Å²) in [5.74, 6) is -0.0379. The van der Waals surface area contributed by atoms with E-state index >= 15 is 0 Å². The molecule has 1 aliphatic heterocycles. The highest BCUT2D eigenvalue weighted by atomic mass is 35.5. The first-order valence-corrected chi connectivity index (χ1v) is 11.1. The van der Waals surface area contributed by atoms with E-state index in [-0.39, 0.29) is 5.91 Å². The van der Waals surface area contributed by atoms with Crippen LogP contribution in [0.15, 0.2) is 54.6 Å². The molecule has 148 valence electrons. The SMILES string of the molecule is CS(=O)(=O)Nc1ccc(/C=C/C(=O)N2CCN(c3cccc(Cl)c3)CC2)cc1. The second-order valence-corrected chi connectivity index (χ2v) is 8.81. The van der Waals surface area contributed by atoms with Crippen molar-refractivity contribution in [3.8, 4) is 0 Å². The molecule has 6 nitrogen and oxygen atoms in total. The van der Waals surface area contributed by atoms with Gasteiger partial charge in [-0.15, -0.1) is 0 Å². The Morgan fingerprint density at radius 1 is 1.07 bits per heavy atom. The van der Waals surface area contributed by atoms with Crippen molar-refractivity contribution in [2.75, 3.05) is 42.1 Å². The molecule has 1 saturated heterocycles. The van der Waals surface area contributed by atoms with E-state index in [9.17, 15) is 13.2 Å². The van der Waals surface area contributed by atoms with Gasteiger partial charge in [0.25, 0.3) is 0 Å². The van der Waals surface area contributed by atoms with Gasteiger partial charge in [0.05, 0.1) is 6.26 Å². The van der Waals surface area contributed by atoms with Gasteiger partial charge in [-0.2, -0.15) is 0 Å². The molecule has 0 saturated carbocycles. The van der Waals surface area contributed by atoms with Crippen LogP contribution in [0.25, 0.3) is 6.08 Å². The number of sulfonamides is 1. The Hall–Kier alpha value is -2.51. The summed E-state index contributed by atoms with van der Waals surface area (Å²) in [5.41, 5.74) is 2.38. The molecule has 3 rings (SSSR count). The number of benzene rings is 2. The van der Waals surface area contributed by atoms with E-state index in [2.05, 4.69) is 9.62 Å². The molecule has 1 N–H and O–H groups in total. The van der Waals surface area contributed by atoms with Gasteiger partial charge in [0.1, 0.15) is 0 Å². The minimum absolute atomic E-state index is 0.0379. The molecule has 28 heavy (non-hydrogen) atoms. The molecule has 1 amide bonds. The number of carbonyl (C=O) groups excluding carboxylic acids is 1. The van der Waals surface area contributed by atoms with Crippen molar-refractivity contribution in [3.63, 3.8) is 0 Å². The zero-order valence-electron chi connectivity index (χ0n) is 15.5. The number of hydrogen-bond acceptors (Lipinski definition) is 4. The summed E-state index contributed by atoms with van der Waals surface area (Å²) in [7, 11) is -3.30. The molecule has 0 radical (unpaired) electrons. The first kappa shape index (κ1) is 20.2. The smallest absolute Gasteiger partial charge is 0.246 e. The maximum Gasteiger partial charge on any atom is 0.246 e. The fraction of sp³-hybridized carbons (Fsp3) is 0.250. The molecule has 2 aromatic carbocycles. The minimum Gasteiger partial charge on any atom is -0.368 e. The highest BCUT2D eigenvalue weighted by Crippen LogP contribution is 2.21. The molecule has 0 aromatic heterocycles. The quantitative estimate of drug-likeness (QED) is 0.756. The number of hydrogen-bond donors (Lipinski definition) is 1. The van der Waals surface area contributed by atoms with Crippen LogP contribution in [0.3, 0.4) is 0 Å². The Balaban J connectivity index is 1.54. The zero-order chi connectivity index (χ0) is 20.1. The molecular formula is C20H22ClN3O3S. The van der Waals surface area contributed by atoms with Crippen LogP contribution in [-0.4, -0.2) is 51.7 Å². The van der Waals surface area contributed by atoms with Crippen molar-refractivity contribution >= 4 is 45.0 Å². The van der Waals surface area contributed by atoms with Gasteiger partial charge in [-0.1, -0.05) is 29.8 Å². The first-order valence-electron chi connectivity index (χ1n) is 8.85. The standard InChI is InChI=1S/C20H22ClN3O3S/c1-28(26,27)22-18-8-5-16(6-9-18)7-10-20(25)24-13-11-23(12-14-24)19-4-2-3-17(21)15-19/h2-10,15,22H,11-14H2,1H3/b10-7+. The summed E-state index contributed by atoms with van der Waals surface area (Å²) in [6.45, 7) is 2.80. The van der Waals surface area contributed by atoms with E-state index in [1.807, 2.05) is 29.2 Å². The molecule has 1 heterocycles. The number of amides is 1. The van der Waals surface area contributed by atoms with E-state index in [0.717, 1.165) is 30.6 Å². The highest BCUT2D eigenvalue weighted by Gasteiger charge is 2.19. The lowest BCUT2D eigenvalue weighted by atomic mass is 10.2. The Bertz CT molecular complexity index is 966. The lowest BCUT2D eigenvalue weighted by Gasteiger charge is -2.35. The Kier molecular flexibility index (Phi) is 6.26. The molecule has 0 aliphatic carbocycles. The molecule has 1 aliphatic rings. The number of halogens is 1. The van der Waals surface area contributed by atoms with Gasteiger partial charge in [0, 0.05) is 48.7 Å². The number of carbonyl (C=O) groups is 1. The van der Waals surface area contributed by atoms with Gasteiger partial charge < -0.3 is 9.80 Å². The van der Waals surface area contributed by atoms with Crippen LogP contribution >= 0.6 is 11.6 Å². The largest absolute Gasteiger partial charge is 0.368 e. The maximum absolute atomic E-state index is 12.4. The number of piperazine rings is 1. The average Bonchev–Trinajstić information content (AvgIpc) is 2.66. The normalized spacial score (nSPS) is 15.1. The number of nitrogens with one attached hydrogen (secondary N) is 1. The monoisotopic (exact) mass is 419 g/mol. The lowest BCUT2D eigenvalue weighted by Crippen LogP contribution is -2.48. The lowest BCUT2D eigenvalue weighted by molar-refractivity contribution is -0.126. The first-order chi connectivity index (χ1) is 13.3. The topological polar surface area (TPSA) is 69.7 Å². The Labute approximate surface area is 170 Å². The number of anilines is 2. The van der Waals surface area contributed by atoms with Crippen molar-refractivity contribution in [1.29, 1.82) is 0 Å². The van der Waals surface area contributed by atoms with Crippen LogP contribution in [0, 0.1) is 0 Å². The minimum atomic E-state index is -3.30. The third-order valence-electron chi connectivity index (χ3n) is 4.40. The molecule has 0 bridgehead atoms. The van der Waals surface area contributed by atoms with Crippen molar-refractivity contribution in [1.82, 2.24) is 4.90 Å². The van der Waals surface area contributed by atoms with Crippen LogP contribution in [0.2, 0.25) is 5.02 Å². The average molecular weight is 420 g/mol. The maximum atomic E-state index is 12.4. The summed E-state index contributed by atoms with van der Waals surface area (Å²) in [6.07, 6.45) is 4.38. The van der Waals surface area contributed by atoms with E-state index in [1.165, 1.54) is 0 Å². The molecule has 1 fully saturated rings. The summed E-state index contributed by atoms with van der Waals surface area (Å²) in [5, 5.41) is 0.705. The molecule has 0 spiro atoms. The van der Waals surface area contributed by atoms with Gasteiger partial charge in [-0.3, -0.25) is 9.52 Å². The Morgan fingerprint density at radius 2 is 1.75 bits per heavy atom.